The van der Waals surface area contributed by atoms with Gasteiger partial charge in [0.05, 0.1) is 6.10 Å². The quantitative estimate of drug-likeness (QED) is 0.788. The van der Waals surface area contributed by atoms with E-state index in [9.17, 15) is 4.79 Å². The van der Waals surface area contributed by atoms with Crippen LogP contribution in [0.2, 0.25) is 0 Å². The SMILES string of the molecule is CC(O)CNC(=O)Nc1ccc(Br)cc1. The number of rotatable bonds is 3. The van der Waals surface area contributed by atoms with Gasteiger partial charge in [0.25, 0.3) is 0 Å². The molecule has 0 heterocycles. The molecule has 0 fully saturated rings. The summed E-state index contributed by atoms with van der Waals surface area (Å²) < 4.78 is 0.956. The van der Waals surface area contributed by atoms with Crippen molar-refractivity contribution < 1.29 is 9.90 Å². The maximum absolute atomic E-state index is 11.3. The summed E-state index contributed by atoms with van der Waals surface area (Å²) in [7, 11) is 0. The van der Waals surface area contributed by atoms with Crippen LogP contribution in [0.15, 0.2) is 28.7 Å². The number of hydrogen-bond acceptors (Lipinski definition) is 2. The van der Waals surface area contributed by atoms with E-state index >= 15 is 0 Å². The van der Waals surface area contributed by atoms with E-state index in [0.717, 1.165) is 4.47 Å². The highest BCUT2D eigenvalue weighted by molar-refractivity contribution is 9.10. The molecule has 1 atom stereocenters. The summed E-state index contributed by atoms with van der Waals surface area (Å²) in [6, 6.07) is 6.92. The number of benzene rings is 1. The van der Waals surface area contributed by atoms with Crippen molar-refractivity contribution in [2.75, 3.05) is 11.9 Å². The Labute approximate surface area is 96.8 Å². The second-order valence-corrected chi connectivity index (χ2v) is 4.11. The fourth-order valence-corrected chi connectivity index (χ4v) is 1.21. The molecule has 0 aromatic heterocycles. The molecular formula is C10H13BrN2O2. The van der Waals surface area contributed by atoms with E-state index in [4.69, 9.17) is 5.11 Å². The van der Waals surface area contributed by atoms with Crippen LogP contribution in [0.1, 0.15) is 6.92 Å². The number of carbonyl (C=O) groups is 1. The number of nitrogens with one attached hydrogen (secondary N) is 2. The normalized spacial score (nSPS) is 11.9. The van der Waals surface area contributed by atoms with Gasteiger partial charge in [0, 0.05) is 16.7 Å². The van der Waals surface area contributed by atoms with Gasteiger partial charge in [-0.05, 0) is 31.2 Å². The van der Waals surface area contributed by atoms with Crippen LogP contribution in [0.4, 0.5) is 10.5 Å². The molecule has 0 saturated carbocycles. The number of anilines is 1. The Morgan fingerprint density at radius 2 is 2.07 bits per heavy atom. The summed E-state index contributed by atoms with van der Waals surface area (Å²) in [6.45, 7) is 1.85. The van der Waals surface area contributed by atoms with Crippen molar-refractivity contribution in [1.82, 2.24) is 5.32 Å². The van der Waals surface area contributed by atoms with E-state index in [1.807, 2.05) is 12.1 Å². The van der Waals surface area contributed by atoms with Gasteiger partial charge >= 0.3 is 6.03 Å². The first-order valence-corrected chi connectivity index (χ1v) is 5.35. The molecule has 2 amide bonds. The lowest BCUT2D eigenvalue weighted by Gasteiger charge is -2.08. The third-order valence-corrected chi connectivity index (χ3v) is 2.19. The Morgan fingerprint density at radius 3 is 2.60 bits per heavy atom. The standard InChI is InChI=1S/C10H13BrN2O2/c1-7(14)6-12-10(15)13-9-4-2-8(11)3-5-9/h2-5,7,14H,6H2,1H3,(H2,12,13,15). The molecule has 15 heavy (non-hydrogen) atoms. The van der Waals surface area contributed by atoms with Crippen LogP contribution in [-0.2, 0) is 0 Å². The highest BCUT2D eigenvalue weighted by atomic mass is 79.9. The number of aliphatic hydroxyl groups excluding tert-OH is 1. The van der Waals surface area contributed by atoms with Crippen molar-refractivity contribution >= 4 is 27.6 Å². The van der Waals surface area contributed by atoms with Gasteiger partial charge in [0.1, 0.15) is 0 Å². The van der Waals surface area contributed by atoms with E-state index in [-0.39, 0.29) is 12.6 Å². The minimum atomic E-state index is -0.541. The fourth-order valence-electron chi connectivity index (χ4n) is 0.949. The second kappa shape index (κ2) is 5.72. The smallest absolute Gasteiger partial charge is 0.319 e. The molecule has 0 bridgehead atoms. The number of hydrogen-bond donors (Lipinski definition) is 3. The van der Waals surface area contributed by atoms with Crippen LogP contribution in [-0.4, -0.2) is 23.8 Å². The van der Waals surface area contributed by atoms with E-state index < -0.39 is 6.10 Å². The summed E-state index contributed by atoms with van der Waals surface area (Å²) in [6.07, 6.45) is -0.541. The van der Waals surface area contributed by atoms with Gasteiger partial charge in [-0.15, -0.1) is 0 Å². The Hall–Kier alpha value is -1.07. The Morgan fingerprint density at radius 1 is 1.47 bits per heavy atom. The van der Waals surface area contributed by atoms with Gasteiger partial charge < -0.3 is 15.7 Å². The molecule has 0 aliphatic heterocycles. The van der Waals surface area contributed by atoms with Crippen LogP contribution in [0.5, 0.6) is 0 Å². The lowest BCUT2D eigenvalue weighted by Crippen LogP contribution is -2.34. The summed E-state index contributed by atoms with van der Waals surface area (Å²) in [5.41, 5.74) is 0.710. The molecule has 1 aromatic carbocycles. The van der Waals surface area contributed by atoms with Gasteiger partial charge in [0.15, 0.2) is 0 Å². The number of carbonyl (C=O) groups excluding carboxylic acids is 1. The molecule has 0 spiro atoms. The molecular weight excluding hydrogens is 260 g/mol. The first-order valence-electron chi connectivity index (χ1n) is 4.56. The van der Waals surface area contributed by atoms with Gasteiger partial charge in [-0.3, -0.25) is 0 Å². The average Bonchev–Trinajstić information content (AvgIpc) is 2.19. The number of aliphatic hydroxyl groups is 1. The van der Waals surface area contributed by atoms with Gasteiger partial charge in [-0.2, -0.15) is 0 Å². The van der Waals surface area contributed by atoms with Crippen LogP contribution in [0.3, 0.4) is 0 Å². The average molecular weight is 273 g/mol. The molecule has 1 aromatic rings. The summed E-state index contributed by atoms with van der Waals surface area (Å²) in [4.78, 5) is 11.3. The lowest BCUT2D eigenvalue weighted by atomic mass is 10.3. The zero-order valence-electron chi connectivity index (χ0n) is 8.33. The number of urea groups is 1. The maximum Gasteiger partial charge on any atom is 0.319 e. The zero-order valence-corrected chi connectivity index (χ0v) is 9.91. The minimum absolute atomic E-state index is 0.238. The van der Waals surface area contributed by atoms with Crippen LogP contribution in [0.25, 0.3) is 0 Å². The second-order valence-electron chi connectivity index (χ2n) is 3.19. The molecule has 0 aliphatic rings. The van der Waals surface area contributed by atoms with Gasteiger partial charge in [-0.1, -0.05) is 15.9 Å². The van der Waals surface area contributed by atoms with Crippen molar-refractivity contribution in [1.29, 1.82) is 0 Å². The number of amides is 2. The molecule has 3 N–H and O–H groups in total. The molecule has 5 heteroatoms. The predicted molar refractivity (Wildman–Crippen MR) is 62.8 cm³/mol. The monoisotopic (exact) mass is 272 g/mol. The van der Waals surface area contributed by atoms with E-state index in [1.165, 1.54) is 0 Å². The van der Waals surface area contributed by atoms with Gasteiger partial charge in [0.2, 0.25) is 0 Å². The third kappa shape index (κ3) is 4.80. The predicted octanol–water partition coefficient (Wildman–Crippen LogP) is 1.95. The summed E-state index contributed by atoms with van der Waals surface area (Å²) >= 11 is 3.30. The fraction of sp³-hybridized carbons (Fsp3) is 0.300. The van der Waals surface area contributed by atoms with E-state index in [2.05, 4.69) is 26.6 Å². The molecule has 0 radical (unpaired) electrons. The van der Waals surface area contributed by atoms with Crippen molar-refractivity contribution in [2.45, 2.75) is 13.0 Å². The molecule has 4 nitrogen and oxygen atoms in total. The first-order chi connectivity index (χ1) is 7.08. The van der Waals surface area contributed by atoms with E-state index in [0.29, 0.717) is 5.69 Å². The van der Waals surface area contributed by atoms with Crippen molar-refractivity contribution in [2.24, 2.45) is 0 Å². The highest BCUT2D eigenvalue weighted by Gasteiger charge is 2.02. The lowest BCUT2D eigenvalue weighted by molar-refractivity contribution is 0.190. The molecule has 1 unspecified atom stereocenters. The van der Waals surface area contributed by atoms with Crippen LogP contribution >= 0.6 is 15.9 Å². The van der Waals surface area contributed by atoms with Crippen LogP contribution < -0.4 is 10.6 Å². The number of halogens is 1. The zero-order chi connectivity index (χ0) is 11.3. The first kappa shape index (κ1) is 12.0. The summed E-state index contributed by atoms with van der Waals surface area (Å²) in [5.74, 6) is 0. The van der Waals surface area contributed by atoms with E-state index in [1.54, 1.807) is 19.1 Å². The topological polar surface area (TPSA) is 61.4 Å². The summed E-state index contributed by atoms with van der Waals surface area (Å²) in [5, 5.41) is 14.1. The minimum Gasteiger partial charge on any atom is -0.392 e. The van der Waals surface area contributed by atoms with Crippen molar-refractivity contribution in [3.05, 3.63) is 28.7 Å². The molecule has 0 aliphatic carbocycles. The molecule has 82 valence electrons. The van der Waals surface area contributed by atoms with Crippen molar-refractivity contribution in [3.8, 4) is 0 Å². The Kier molecular flexibility index (Phi) is 4.58. The Bertz CT molecular complexity index is 325. The Balaban J connectivity index is 2.41. The molecule has 1 rings (SSSR count). The molecule has 0 saturated heterocycles. The largest absolute Gasteiger partial charge is 0.392 e. The maximum atomic E-state index is 11.3. The van der Waals surface area contributed by atoms with Gasteiger partial charge in [-0.25, -0.2) is 4.79 Å². The highest BCUT2D eigenvalue weighted by Crippen LogP contribution is 2.13. The third-order valence-electron chi connectivity index (χ3n) is 1.66. The van der Waals surface area contributed by atoms with Crippen molar-refractivity contribution in [3.63, 3.8) is 0 Å². The van der Waals surface area contributed by atoms with Crippen LogP contribution in [0, 0.1) is 0 Å².